The first kappa shape index (κ1) is 22.4. The summed E-state index contributed by atoms with van der Waals surface area (Å²) in [5.74, 6) is -0.000213. The van der Waals surface area contributed by atoms with Crippen LogP contribution in [0.4, 0.5) is 10.1 Å². The third-order valence-electron chi connectivity index (χ3n) is 6.53. The van der Waals surface area contributed by atoms with Crippen molar-refractivity contribution < 1.29 is 4.39 Å². The minimum Gasteiger partial charge on any atom is -0.368 e. The van der Waals surface area contributed by atoms with Gasteiger partial charge in [-0.3, -0.25) is 9.69 Å². The summed E-state index contributed by atoms with van der Waals surface area (Å²) >= 11 is 0. The number of nitriles is 2. The fraction of sp³-hybridized carbons (Fsp3) is 0.360. The average Bonchev–Trinajstić information content (AvgIpc) is 2.82. The first-order valence-electron chi connectivity index (χ1n) is 10.9. The lowest BCUT2D eigenvalue weighted by Gasteiger charge is -2.42. The molecule has 1 aliphatic rings. The quantitative estimate of drug-likeness (QED) is 0.614. The highest BCUT2D eigenvalue weighted by Gasteiger charge is 2.32. The van der Waals surface area contributed by atoms with Gasteiger partial charge in [0.1, 0.15) is 34.7 Å². The van der Waals surface area contributed by atoms with Crippen LogP contribution in [0.5, 0.6) is 0 Å². The number of anilines is 1. The summed E-state index contributed by atoms with van der Waals surface area (Å²) in [6, 6.07) is 14.3. The van der Waals surface area contributed by atoms with Gasteiger partial charge in [-0.2, -0.15) is 10.5 Å². The van der Waals surface area contributed by atoms with E-state index >= 15 is 0 Å². The summed E-state index contributed by atoms with van der Waals surface area (Å²) in [7, 11) is 3.68. The predicted octanol–water partition coefficient (Wildman–Crippen LogP) is 3.16. The standard InChI is InChI=1S/C25H25FN6O/c1-16-14-32(11-10-21(16)30(2)15-17-4-6-18(26)7-5-17)24-20(13-28)25(33)31(3)22-9-8-19(12-27)29-23(22)24/h4-9,16,21H,10-11,14-15H2,1-3H3/t16-,21-/m0/s1. The fourth-order valence-electron chi connectivity index (χ4n) is 4.85. The van der Waals surface area contributed by atoms with Gasteiger partial charge in [-0.1, -0.05) is 19.1 Å². The van der Waals surface area contributed by atoms with Crippen molar-refractivity contribution in [2.75, 3.05) is 25.0 Å². The Kier molecular flexibility index (Phi) is 6.13. The summed E-state index contributed by atoms with van der Waals surface area (Å²) in [4.78, 5) is 21.7. The number of benzene rings is 1. The maximum atomic E-state index is 13.2. The van der Waals surface area contributed by atoms with Gasteiger partial charge in [0.05, 0.1) is 11.2 Å². The van der Waals surface area contributed by atoms with Crippen LogP contribution in [0, 0.1) is 34.4 Å². The first-order valence-corrected chi connectivity index (χ1v) is 10.9. The molecule has 1 aliphatic heterocycles. The predicted molar refractivity (Wildman–Crippen MR) is 124 cm³/mol. The molecule has 7 nitrogen and oxygen atoms in total. The molecule has 0 N–H and O–H groups in total. The molecule has 0 saturated carbocycles. The second-order valence-corrected chi connectivity index (χ2v) is 8.70. The van der Waals surface area contributed by atoms with Gasteiger partial charge in [0.2, 0.25) is 0 Å². The van der Waals surface area contributed by atoms with Gasteiger partial charge < -0.3 is 9.47 Å². The number of hydrogen-bond donors (Lipinski definition) is 0. The number of aryl methyl sites for hydroxylation is 1. The van der Waals surface area contributed by atoms with Crippen molar-refractivity contribution in [3.63, 3.8) is 0 Å². The largest absolute Gasteiger partial charge is 0.368 e. The second-order valence-electron chi connectivity index (χ2n) is 8.70. The molecular weight excluding hydrogens is 419 g/mol. The van der Waals surface area contributed by atoms with Crippen molar-refractivity contribution in [3.8, 4) is 12.1 Å². The van der Waals surface area contributed by atoms with Crippen LogP contribution in [-0.2, 0) is 13.6 Å². The molecule has 33 heavy (non-hydrogen) atoms. The molecule has 1 saturated heterocycles. The number of rotatable bonds is 4. The lowest BCUT2D eigenvalue weighted by molar-refractivity contribution is 0.152. The lowest BCUT2D eigenvalue weighted by atomic mass is 9.91. The van der Waals surface area contributed by atoms with Crippen LogP contribution in [0.1, 0.15) is 30.2 Å². The van der Waals surface area contributed by atoms with Crippen LogP contribution in [0.3, 0.4) is 0 Å². The Morgan fingerprint density at radius 1 is 1.18 bits per heavy atom. The molecule has 0 spiro atoms. The lowest BCUT2D eigenvalue weighted by Crippen LogP contribution is -2.49. The van der Waals surface area contributed by atoms with Crippen molar-refractivity contribution in [1.82, 2.24) is 14.5 Å². The van der Waals surface area contributed by atoms with Crippen molar-refractivity contribution in [2.24, 2.45) is 13.0 Å². The van der Waals surface area contributed by atoms with E-state index in [1.807, 2.05) is 6.07 Å². The molecule has 0 aliphatic carbocycles. The fourth-order valence-corrected chi connectivity index (χ4v) is 4.85. The zero-order valence-electron chi connectivity index (χ0n) is 18.9. The van der Waals surface area contributed by atoms with Crippen molar-refractivity contribution in [2.45, 2.75) is 25.9 Å². The molecule has 168 valence electrons. The molecule has 4 rings (SSSR count). The summed E-state index contributed by atoms with van der Waals surface area (Å²) < 4.78 is 14.6. The molecule has 0 unspecified atom stereocenters. The van der Waals surface area contributed by atoms with Gasteiger partial charge in [0, 0.05) is 32.7 Å². The minimum absolute atomic E-state index is 0.0536. The van der Waals surface area contributed by atoms with Crippen LogP contribution in [0.2, 0.25) is 0 Å². The number of hydrogen-bond acceptors (Lipinski definition) is 6. The van der Waals surface area contributed by atoms with Crippen LogP contribution in [0.15, 0.2) is 41.2 Å². The summed E-state index contributed by atoms with van der Waals surface area (Å²) in [6.45, 7) is 4.16. The summed E-state index contributed by atoms with van der Waals surface area (Å²) in [6.07, 6.45) is 0.832. The Morgan fingerprint density at radius 3 is 2.55 bits per heavy atom. The van der Waals surface area contributed by atoms with Crippen LogP contribution < -0.4 is 10.5 Å². The first-order chi connectivity index (χ1) is 15.8. The van der Waals surface area contributed by atoms with E-state index in [0.29, 0.717) is 36.4 Å². The van der Waals surface area contributed by atoms with Gasteiger partial charge >= 0.3 is 0 Å². The Bertz CT molecular complexity index is 1330. The molecule has 1 fully saturated rings. The van der Waals surface area contributed by atoms with E-state index in [0.717, 1.165) is 12.0 Å². The Morgan fingerprint density at radius 2 is 1.91 bits per heavy atom. The molecule has 3 aromatic rings. The van der Waals surface area contributed by atoms with Gasteiger partial charge in [-0.15, -0.1) is 0 Å². The molecule has 2 atom stereocenters. The van der Waals surface area contributed by atoms with Crippen molar-refractivity contribution in [1.29, 1.82) is 10.5 Å². The Balaban J connectivity index is 1.65. The highest BCUT2D eigenvalue weighted by Crippen LogP contribution is 2.32. The van der Waals surface area contributed by atoms with Crippen LogP contribution >= 0.6 is 0 Å². The van der Waals surface area contributed by atoms with E-state index in [-0.39, 0.29) is 34.6 Å². The average molecular weight is 445 g/mol. The topological polar surface area (TPSA) is 88.9 Å². The monoisotopic (exact) mass is 444 g/mol. The van der Waals surface area contributed by atoms with Gasteiger partial charge in [0.25, 0.3) is 5.56 Å². The molecule has 0 amide bonds. The van der Waals surface area contributed by atoms with Gasteiger partial charge in [-0.25, -0.2) is 9.37 Å². The zero-order chi connectivity index (χ0) is 23.7. The number of aromatic nitrogens is 2. The number of nitrogens with zero attached hydrogens (tertiary/aromatic N) is 6. The third-order valence-corrected chi connectivity index (χ3v) is 6.53. The number of piperidine rings is 1. The summed E-state index contributed by atoms with van der Waals surface area (Å²) in [5.41, 5.74) is 2.58. The molecule has 0 radical (unpaired) electrons. The van der Waals surface area contributed by atoms with E-state index < -0.39 is 0 Å². The maximum Gasteiger partial charge on any atom is 0.270 e. The number of fused-ring (bicyclic) bond motifs is 1. The number of pyridine rings is 2. The van der Waals surface area contributed by atoms with E-state index in [9.17, 15) is 19.7 Å². The highest BCUT2D eigenvalue weighted by atomic mass is 19.1. The van der Waals surface area contributed by atoms with E-state index in [1.165, 1.54) is 16.7 Å². The van der Waals surface area contributed by atoms with E-state index in [2.05, 4.69) is 34.8 Å². The Labute approximate surface area is 191 Å². The SMILES string of the molecule is C[C@H]1CN(c2c(C#N)c(=O)n(C)c3ccc(C#N)nc23)CC[C@@H]1N(C)Cc1ccc(F)cc1. The van der Waals surface area contributed by atoms with E-state index in [1.54, 1.807) is 31.3 Å². The molecule has 1 aromatic carbocycles. The zero-order valence-corrected chi connectivity index (χ0v) is 18.9. The van der Waals surface area contributed by atoms with Crippen LogP contribution in [-0.4, -0.2) is 40.6 Å². The second kappa shape index (κ2) is 9.01. The van der Waals surface area contributed by atoms with Gasteiger partial charge in [0.15, 0.2) is 0 Å². The third kappa shape index (κ3) is 4.18. The van der Waals surface area contributed by atoms with Crippen molar-refractivity contribution in [3.05, 3.63) is 69.4 Å². The molecule has 3 heterocycles. The molecule has 0 bridgehead atoms. The van der Waals surface area contributed by atoms with Crippen molar-refractivity contribution >= 4 is 16.7 Å². The van der Waals surface area contributed by atoms with Crippen LogP contribution in [0.25, 0.3) is 11.0 Å². The highest BCUT2D eigenvalue weighted by molar-refractivity contribution is 5.92. The maximum absolute atomic E-state index is 13.2. The molecule has 8 heteroatoms. The van der Waals surface area contributed by atoms with Gasteiger partial charge in [-0.05, 0) is 49.2 Å². The minimum atomic E-state index is -0.366. The molecule has 2 aromatic heterocycles. The number of halogens is 1. The Hall–Kier alpha value is -3.75. The summed E-state index contributed by atoms with van der Waals surface area (Å²) in [5, 5.41) is 19.1. The smallest absolute Gasteiger partial charge is 0.270 e. The molecular formula is C25H25FN6O. The van der Waals surface area contributed by atoms with E-state index in [4.69, 9.17) is 0 Å². The normalized spacial score (nSPS) is 18.3.